The fourth-order valence-corrected chi connectivity index (χ4v) is 9.06. The van der Waals surface area contributed by atoms with Crippen LogP contribution in [0.5, 0.6) is 0 Å². The Labute approximate surface area is 277 Å². The van der Waals surface area contributed by atoms with Crippen LogP contribution in [-0.4, -0.2) is 57.7 Å². The third kappa shape index (κ3) is 7.52. The summed E-state index contributed by atoms with van der Waals surface area (Å²) in [5.74, 6) is -1.53. The molecule has 0 heterocycles. The Kier molecular flexibility index (Phi) is 12.1. The lowest BCUT2D eigenvalue weighted by Crippen LogP contribution is -2.69. The molecule has 2 saturated carbocycles. The average Bonchev–Trinajstić information content (AvgIpc) is 3.02. The molecular formula is C38H56O7Si. The monoisotopic (exact) mass is 652 g/mol. The van der Waals surface area contributed by atoms with E-state index < -0.39 is 37.1 Å². The van der Waals surface area contributed by atoms with E-state index in [2.05, 4.69) is 52.9 Å². The molecule has 0 unspecified atom stereocenters. The van der Waals surface area contributed by atoms with Gasteiger partial charge in [0.25, 0.3) is 0 Å². The molecule has 8 heteroatoms. The van der Waals surface area contributed by atoms with Crippen LogP contribution in [0, 0.1) is 22.7 Å². The van der Waals surface area contributed by atoms with Crippen molar-refractivity contribution in [3.8, 4) is 0 Å². The number of benzene rings is 2. The van der Waals surface area contributed by atoms with E-state index in [1.807, 2.05) is 48.5 Å². The van der Waals surface area contributed by atoms with Crippen molar-refractivity contribution in [1.82, 2.24) is 0 Å². The Morgan fingerprint density at radius 1 is 0.978 bits per heavy atom. The lowest BCUT2D eigenvalue weighted by atomic mass is 9.44. The highest BCUT2D eigenvalue weighted by Crippen LogP contribution is 2.62. The number of aliphatic hydroxyl groups is 1. The van der Waals surface area contributed by atoms with E-state index in [1.54, 1.807) is 0 Å². The Balaban J connectivity index is 1.70. The second-order valence-electron chi connectivity index (χ2n) is 15.1. The van der Waals surface area contributed by atoms with Crippen molar-refractivity contribution in [2.24, 2.45) is 22.7 Å². The highest BCUT2D eigenvalue weighted by molar-refractivity contribution is 6.74. The molecule has 2 fully saturated rings. The maximum absolute atomic E-state index is 14.2. The molecule has 0 spiro atoms. The van der Waals surface area contributed by atoms with Gasteiger partial charge in [0.2, 0.25) is 0 Å². The molecule has 0 bridgehead atoms. The number of carbonyl (C=O) groups is 2. The van der Waals surface area contributed by atoms with Gasteiger partial charge < -0.3 is 23.7 Å². The van der Waals surface area contributed by atoms with Crippen molar-refractivity contribution in [1.29, 1.82) is 0 Å². The second-order valence-corrected chi connectivity index (χ2v) is 19.9. The van der Waals surface area contributed by atoms with E-state index in [4.69, 9.17) is 18.6 Å². The molecule has 0 aliphatic heterocycles. The maximum atomic E-state index is 14.2. The van der Waals surface area contributed by atoms with Crippen molar-refractivity contribution < 1.29 is 33.3 Å². The number of aliphatic hydroxyl groups excluding tert-OH is 1. The third-order valence-corrected chi connectivity index (χ3v) is 15.8. The van der Waals surface area contributed by atoms with Crippen LogP contribution in [0.15, 0.2) is 60.7 Å². The minimum absolute atomic E-state index is 0.0548. The molecule has 0 saturated heterocycles. The number of ether oxygens (including phenoxy) is 3. The van der Waals surface area contributed by atoms with E-state index in [0.717, 1.165) is 24.0 Å². The summed E-state index contributed by atoms with van der Waals surface area (Å²) in [7, 11) is -1.01. The fourth-order valence-electron chi connectivity index (χ4n) is 7.63. The van der Waals surface area contributed by atoms with E-state index >= 15 is 0 Å². The summed E-state index contributed by atoms with van der Waals surface area (Å²) in [6.45, 7) is 15.3. The van der Waals surface area contributed by atoms with Crippen molar-refractivity contribution >= 4 is 20.1 Å². The van der Waals surface area contributed by atoms with Gasteiger partial charge in [-0.05, 0) is 66.8 Å². The third-order valence-electron chi connectivity index (χ3n) is 11.3. The largest absolute Gasteiger partial charge is 0.468 e. The summed E-state index contributed by atoms with van der Waals surface area (Å²) in [4.78, 5) is 28.0. The van der Waals surface area contributed by atoms with Crippen LogP contribution in [-0.2, 0) is 41.4 Å². The van der Waals surface area contributed by atoms with Crippen molar-refractivity contribution in [3.63, 3.8) is 0 Å². The van der Waals surface area contributed by atoms with E-state index in [0.29, 0.717) is 45.7 Å². The van der Waals surface area contributed by atoms with Gasteiger partial charge in [0.15, 0.2) is 19.5 Å². The Morgan fingerprint density at radius 3 is 2.13 bits per heavy atom. The van der Waals surface area contributed by atoms with Gasteiger partial charge in [-0.2, -0.15) is 0 Å². The molecule has 2 aromatic rings. The first-order chi connectivity index (χ1) is 21.8. The number of carbonyl (C=O) groups excluding carboxylic acids is 2. The van der Waals surface area contributed by atoms with Crippen LogP contribution in [0.4, 0.5) is 0 Å². The van der Waals surface area contributed by atoms with Crippen LogP contribution in [0.25, 0.3) is 0 Å². The van der Waals surface area contributed by atoms with E-state index in [-0.39, 0.29) is 29.3 Å². The minimum atomic E-state index is -2.33. The standard InChI is InChI=1S/C38H56O7Si/c1-36(2,3)46(6,7)45-34(22-15-23-43-25-28-16-10-8-11-17-28)37(4)30(27-44-26-29-18-12-9-13-19-29)24-33(40)38(35(41)42-5)31(37)20-14-21-32(38)39/h8-13,16-19,30-32,34,39H,14-15,20-27H2,1-7H3/t30-,31-,32-,34+,37+,38+/m1/s1. The molecule has 1 N–H and O–H groups in total. The van der Waals surface area contributed by atoms with E-state index in [9.17, 15) is 14.7 Å². The molecule has 46 heavy (non-hydrogen) atoms. The van der Waals surface area contributed by atoms with Gasteiger partial charge in [-0.15, -0.1) is 0 Å². The SMILES string of the molecule is COC(=O)[C@@]12C(=O)C[C@H](COCc3ccccc3)[C@](C)([C@H](CCCOCc3ccccc3)O[Si](C)(C)C(C)(C)C)[C@H]1CCC[C@H]2O. The lowest BCUT2D eigenvalue weighted by molar-refractivity contribution is -0.210. The summed E-state index contributed by atoms with van der Waals surface area (Å²) in [6.07, 6.45) is 1.94. The molecule has 0 aromatic heterocycles. The predicted molar refractivity (Wildman–Crippen MR) is 183 cm³/mol. The Hall–Kier alpha value is -2.36. The van der Waals surface area contributed by atoms with Gasteiger partial charge in [0.1, 0.15) is 0 Å². The zero-order valence-electron chi connectivity index (χ0n) is 29.1. The molecule has 6 atom stereocenters. The van der Waals surface area contributed by atoms with Gasteiger partial charge in [0.05, 0.1) is 39.1 Å². The number of Topliss-reactive ketones (excluding diaryl/α,β-unsaturated/α-hetero) is 1. The maximum Gasteiger partial charge on any atom is 0.322 e. The van der Waals surface area contributed by atoms with Crippen LogP contribution in [0.1, 0.15) is 77.3 Å². The number of hydrogen-bond donors (Lipinski definition) is 1. The van der Waals surface area contributed by atoms with Gasteiger partial charge in [0, 0.05) is 18.4 Å². The number of esters is 1. The van der Waals surface area contributed by atoms with Gasteiger partial charge in [-0.1, -0.05) is 94.8 Å². The molecule has 7 nitrogen and oxygen atoms in total. The second kappa shape index (κ2) is 15.2. The normalized spacial score (nSPS) is 27.6. The quantitative estimate of drug-likeness (QED) is 0.0978. The number of fused-ring (bicyclic) bond motifs is 1. The summed E-state index contributed by atoms with van der Waals surface area (Å²) < 4.78 is 25.2. The molecule has 4 rings (SSSR count). The number of ketones is 1. The number of hydrogen-bond acceptors (Lipinski definition) is 7. The Morgan fingerprint density at radius 2 is 1.57 bits per heavy atom. The minimum Gasteiger partial charge on any atom is -0.468 e. The van der Waals surface area contributed by atoms with Crippen LogP contribution in [0.3, 0.4) is 0 Å². The number of rotatable bonds is 14. The molecule has 2 aliphatic rings. The molecule has 0 amide bonds. The van der Waals surface area contributed by atoms with Crippen LogP contribution in [0.2, 0.25) is 18.1 Å². The smallest absolute Gasteiger partial charge is 0.322 e. The first kappa shape index (κ1) is 36.5. The highest BCUT2D eigenvalue weighted by atomic mass is 28.4. The van der Waals surface area contributed by atoms with Crippen molar-refractivity contribution in [2.75, 3.05) is 20.3 Å². The summed E-state index contributed by atoms with van der Waals surface area (Å²) in [5, 5.41) is 11.5. The lowest BCUT2D eigenvalue weighted by Gasteiger charge is -2.61. The average molecular weight is 653 g/mol. The highest BCUT2D eigenvalue weighted by Gasteiger charge is 2.70. The Bertz CT molecular complexity index is 1280. The fraction of sp³-hybridized carbons (Fsp3) is 0.632. The van der Waals surface area contributed by atoms with Gasteiger partial charge in [-0.3, -0.25) is 9.59 Å². The zero-order valence-corrected chi connectivity index (χ0v) is 30.1. The first-order valence-electron chi connectivity index (χ1n) is 17.0. The number of methoxy groups -OCH3 is 1. The first-order valence-corrected chi connectivity index (χ1v) is 19.9. The molecule has 254 valence electrons. The molecule has 2 aliphatic carbocycles. The van der Waals surface area contributed by atoms with Crippen LogP contribution < -0.4 is 0 Å². The summed E-state index contributed by atoms with van der Waals surface area (Å²) >= 11 is 0. The summed E-state index contributed by atoms with van der Waals surface area (Å²) in [6, 6.07) is 20.2. The summed E-state index contributed by atoms with van der Waals surface area (Å²) in [5.41, 5.74) is -0.0805. The molecular weight excluding hydrogens is 596 g/mol. The molecule has 0 radical (unpaired) electrons. The van der Waals surface area contributed by atoms with Gasteiger partial charge in [-0.25, -0.2) is 0 Å². The zero-order chi connectivity index (χ0) is 33.6. The van der Waals surface area contributed by atoms with Crippen molar-refractivity contribution in [3.05, 3.63) is 71.8 Å². The topological polar surface area (TPSA) is 91.3 Å². The van der Waals surface area contributed by atoms with Gasteiger partial charge >= 0.3 is 5.97 Å². The molecule has 2 aromatic carbocycles. The van der Waals surface area contributed by atoms with Crippen LogP contribution >= 0.6 is 0 Å². The van der Waals surface area contributed by atoms with Crippen molar-refractivity contribution in [2.45, 2.75) is 110 Å². The van der Waals surface area contributed by atoms with E-state index in [1.165, 1.54) is 7.11 Å². The predicted octanol–water partition coefficient (Wildman–Crippen LogP) is 7.51.